The molecule has 4 heteroatoms. The second kappa shape index (κ2) is 3.83. The maximum Gasteiger partial charge on any atom is 0.143 e. The fourth-order valence-electron chi connectivity index (χ4n) is 1.20. The van der Waals surface area contributed by atoms with Crippen molar-refractivity contribution in [3.8, 4) is 5.75 Å². The molecule has 0 atom stereocenters. The first-order valence-electron chi connectivity index (χ1n) is 4.30. The van der Waals surface area contributed by atoms with Crippen LogP contribution in [0.2, 0.25) is 0 Å². The van der Waals surface area contributed by atoms with Gasteiger partial charge in [-0.25, -0.2) is 0 Å². The third-order valence-electron chi connectivity index (χ3n) is 1.85. The van der Waals surface area contributed by atoms with Gasteiger partial charge in [0.2, 0.25) is 0 Å². The van der Waals surface area contributed by atoms with E-state index in [1.165, 1.54) is 0 Å². The van der Waals surface area contributed by atoms with Crippen molar-refractivity contribution in [2.45, 2.75) is 0 Å². The zero-order valence-electron chi connectivity index (χ0n) is 7.84. The van der Waals surface area contributed by atoms with Crippen LogP contribution < -0.4 is 10.2 Å². The van der Waals surface area contributed by atoms with Crippen LogP contribution in [0.4, 0.5) is 5.69 Å². The molecule has 2 aromatic rings. The van der Waals surface area contributed by atoms with E-state index in [9.17, 15) is 0 Å². The molecule has 0 unspecified atom stereocenters. The zero-order valence-corrected chi connectivity index (χ0v) is 7.84. The summed E-state index contributed by atoms with van der Waals surface area (Å²) >= 11 is 0. The van der Waals surface area contributed by atoms with Crippen molar-refractivity contribution in [3.05, 3.63) is 42.7 Å². The van der Waals surface area contributed by atoms with Gasteiger partial charge in [-0.15, -0.1) is 0 Å². The third-order valence-corrected chi connectivity index (χ3v) is 1.85. The lowest BCUT2D eigenvalue weighted by Crippen LogP contribution is -2.09. The Morgan fingerprint density at radius 1 is 1.29 bits per heavy atom. The van der Waals surface area contributed by atoms with Crippen molar-refractivity contribution in [2.24, 2.45) is 0 Å². The summed E-state index contributed by atoms with van der Waals surface area (Å²) in [4.78, 5) is 1.62. The SMILES string of the molecule is COc1ccccc1Nn1cccn1. The second-order valence-corrected chi connectivity index (χ2v) is 2.76. The Balaban J connectivity index is 2.24. The molecule has 72 valence electrons. The topological polar surface area (TPSA) is 39.1 Å². The van der Waals surface area contributed by atoms with Crippen LogP contribution in [0.5, 0.6) is 5.75 Å². The molecule has 4 nitrogen and oxygen atoms in total. The summed E-state index contributed by atoms with van der Waals surface area (Å²) < 4.78 is 5.19. The number of aromatic nitrogens is 2. The first-order valence-corrected chi connectivity index (χ1v) is 4.30. The highest BCUT2D eigenvalue weighted by Gasteiger charge is 2.00. The highest BCUT2D eigenvalue weighted by atomic mass is 16.5. The molecule has 0 radical (unpaired) electrons. The largest absolute Gasteiger partial charge is 0.495 e. The molecule has 2 rings (SSSR count). The van der Waals surface area contributed by atoms with E-state index in [2.05, 4.69) is 10.5 Å². The molecule has 0 bridgehead atoms. The Bertz CT molecular complexity index is 398. The Kier molecular flexibility index (Phi) is 2.36. The van der Waals surface area contributed by atoms with Crippen LogP contribution in [-0.2, 0) is 0 Å². The van der Waals surface area contributed by atoms with E-state index >= 15 is 0 Å². The van der Waals surface area contributed by atoms with E-state index in [1.54, 1.807) is 18.1 Å². The van der Waals surface area contributed by atoms with E-state index in [0.29, 0.717) is 0 Å². The second-order valence-electron chi connectivity index (χ2n) is 2.76. The molecule has 0 amide bonds. The first kappa shape index (κ1) is 8.62. The first-order chi connectivity index (χ1) is 6.90. The van der Waals surface area contributed by atoms with Gasteiger partial charge in [0, 0.05) is 6.20 Å². The predicted octanol–water partition coefficient (Wildman–Crippen LogP) is 1.77. The average Bonchev–Trinajstić information content (AvgIpc) is 2.71. The molecular formula is C10H11N3O. The number of nitrogens with one attached hydrogen (secondary N) is 1. The molecule has 0 aliphatic rings. The summed E-state index contributed by atoms with van der Waals surface area (Å²) in [5.41, 5.74) is 3.97. The van der Waals surface area contributed by atoms with Crippen molar-refractivity contribution in [1.29, 1.82) is 0 Å². The minimum atomic E-state index is 0.794. The number of anilines is 1. The van der Waals surface area contributed by atoms with Crippen LogP contribution in [0.3, 0.4) is 0 Å². The molecule has 0 spiro atoms. The van der Waals surface area contributed by atoms with Crippen LogP contribution in [0.1, 0.15) is 0 Å². The summed E-state index contributed by atoms with van der Waals surface area (Å²) in [6, 6.07) is 9.54. The average molecular weight is 189 g/mol. The number of benzene rings is 1. The summed E-state index contributed by atoms with van der Waals surface area (Å²) in [6.07, 6.45) is 3.54. The van der Waals surface area contributed by atoms with Gasteiger partial charge in [0.15, 0.2) is 0 Å². The lowest BCUT2D eigenvalue weighted by Gasteiger charge is -2.09. The third kappa shape index (κ3) is 1.69. The Hall–Kier alpha value is -1.97. The molecule has 14 heavy (non-hydrogen) atoms. The molecule has 0 saturated carbocycles. The van der Waals surface area contributed by atoms with Gasteiger partial charge in [0.25, 0.3) is 0 Å². The van der Waals surface area contributed by atoms with Crippen molar-refractivity contribution >= 4 is 5.69 Å². The van der Waals surface area contributed by atoms with Crippen LogP contribution >= 0.6 is 0 Å². The minimum absolute atomic E-state index is 0.794. The summed E-state index contributed by atoms with van der Waals surface area (Å²) in [6.45, 7) is 0. The van der Waals surface area contributed by atoms with Gasteiger partial charge in [-0.2, -0.15) is 9.89 Å². The van der Waals surface area contributed by atoms with Gasteiger partial charge in [0.05, 0.1) is 19.0 Å². The maximum absolute atomic E-state index is 5.19. The highest BCUT2D eigenvalue weighted by molar-refractivity contribution is 5.55. The Morgan fingerprint density at radius 3 is 2.86 bits per heavy atom. The number of ether oxygens (including phenoxy) is 1. The zero-order chi connectivity index (χ0) is 9.80. The molecule has 0 aliphatic carbocycles. The number of para-hydroxylation sites is 2. The highest BCUT2D eigenvalue weighted by Crippen LogP contribution is 2.22. The van der Waals surface area contributed by atoms with E-state index in [-0.39, 0.29) is 0 Å². The van der Waals surface area contributed by atoms with Gasteiger partial charge in [-0.1, -0.05) is 12.1 Å². The number of methoxy groups -OCH3 is 1. The summed E-state index contributed by atoms with van der Waals surface area (Å²) in [7, 11) is 1.64. The van der Waals surface area contributed by atoms with Crippen molar-refractivity contribution in [1.82, 2.24) is 9.89 Å². The lowest BCUT2D eigenvalue weighted by atomic mass is 10.3. The van der Waals surface area contributed by atoms with Crippen molar-refractivity contribution < 1.29 is 4.74 Å². The number of nitrogens with zero attached hydrogens (tertiary/aromatic N) is 2. The van der Waals surface area contributed by atoms with Crippen LogP contribution in [0.25, 0.3) is 0 Å². The molecule has 1 aromatic carbocycles. The van der Waals surface area contributed by atoms with Gasteiger partial charge in [-0.05, 0) is 18.2 Å². The van der Waals surface area contributed by atoms with Crippen molar-refractivity contribution in [2.75, 3.05) is 12.5 Å². The van der Waals surface area contributed by atoms with Crippen LogP contribution in [0, 0.1) is 0 Å². The number of rotatable bonds is 3. The summed E-state index contributed by atoms with van der Waals surface area (Å²) in [5, 5.41) is 4.04. The summed E-state index contributed by atoms with van der Waals surface area (Å²) in [5.74, 6) is 0.794. The van der Waals surface area contributed by atoms with Crippen LogP contribution in [0.15, 0.2) is 42.7 Å². The Morgan fingerprint density at radius 2 is 2.14 bits per heavy atom. The van der Waals surface area contributed by atoms with Crippen molar-refractivity contribution in [3.63, 3.8) is 0 Å². The number of hydrogen-bond acceptors (Lipinski definition) is 3. The van der Waals surface area contributed by atoms with Gasteiger partial charge in [0.1, 0.15) is 5.75 Å². The fourth-order valence-corrected chi connectivity index (χ4v) is 1.20. The molecule has 1 N–H and O–H groups in total. The fraction of sp³-hybridized carbons (Fsp3) is 0.100. The quantitative estimate of drug-likeness (QED) is 0.799. The molecule has 0 saturated heterocycles. The maximum atomic E-state index is 5.19. The van der Waals surface area contributed by atoms with E-state index in [1.807, 2.05) is 36.5 Å². The van der Waals surface area contributed by atoms with Gasteiger partial charge < -0.3 is 4.74 Å². The smallest absolute Gasteiger partial charge is 0.143 e. The molecule has 1 aromatic heterocycles. The van der Waals surface area contributed by atoms with E-state index in [4.69, 9.17) is 4.74 Å². The van der Waals surface area contributed by atoms with E-state index < -0.39 is 0 Å². The normalized spacial score (nSPS) is 9.79. The standard InChI is InChI=1S/C10H11N3O/c1-14-10-6-3-2-5-9(10)12-13-8-4-7-11-13/h2-8,12H,1H3. The van der Waals surface area contributed by atoms with Gasteiger partial charge >= 0.3 is 0 Å². The van der Waals surface area contributed by atoms with E-state index in [0.717, 1.165) is 11.4 Å². The minimum Gasteiger partial charge on any atom is -0.495 e. The molecular weight excluding hydrogens is 178 g/mol. The Labute approximate surface area is 82.1 Å². The molecule has 1 heterocycles. The lowest BCUT2D eigenvalue weighted by molar-refractivity contribution is 0.416. The molecule has 0 aliphatic heterocycles. The predicted molar refractivity (Wildman–Crippen MR) is 54.2 cm³/mol. The van der Waals surface area contributed by atoms with Gasteiger partial charge in [-0.3, -0.25) is 5.43 Å². The monoisotopic (exact) mass is 189 g/mol. The van der Waals surface area contributed by atoms with Crippen LogP contribution in [-0.4, -0.2) is 17.0 Å². The molecule has 0 fully saturated rings. The number of hydrogen-bond donors (Lipinski definition) is 1.